The SMILES string of the molecule is NNC(=O)C12CCC(C(=O)O)(CC1)CC2. The molecule has 2 bridgehead atoms. The van der Waals surface area contributed by atoms with Crippen molar-refractivity contribution >= 4 is 11.9 Å². The Kier molecular flexibility index (Phi) is 2.22. The molecular weight excluding hydrogens is 196 g/mol. The first-order valence-electron chi connectivity index (χ1n) is 5.29. The quantitative estimate of drug-likeness (QED) is 0.351. The van der Waals surface area contributed by atoms with E-state index in [9.17, 15) is 9.59 Å². The van der Waals surface area contributed by atoms with Crippen LogP contribution in [0, 0.1) is 10.8 Å². The number of carbonyl (C=O) groups is 2. The molecule has 0 saturated heterocycles. The number of carboxylic acids is 1. The van der Waals surface area contributed by atoms with Gasteiger partial charge in [-0.15, -0.1) is 0 Å². The number of nitrogens with two attached hydrogens (primary N) is 1. The molecule has 0 aromatic carbocycles. The fourth-order valence-corrected chi connectivity index (χ4v) is 3.00. The van der Waals surface area contributed by atoms with Gasteiger partial charge in [0.05, 0.1) is 10.8 Å². The number of nitrogens with one attached hydrogen (secondary N) is 1. The van der Waals surface area contributed by atoms with Crippen LogP contribution in [-0.4, -0.2) is 17.0 Å². The van der Waals surface area contributed by atoms with Crippen molar-refractivity contribution in [1.29, 1.82) is 0 Å². The average molecular weight is 212 g/mol. The van der Waals surface area contributed by atoms with Gasteiger partial charge in [-0.1, -0.05) is 0 Å². The Bertz CT molecular complexity index is 289. The second kappa shape index (κ2) is 3.20. The second-order valence-corrected chi connectivity index (χ2v) is 4.84. The van der Waals surface area contributed by atoms with Gasteiger partial charge in [0, 0.05) is 0 Å². The van der Waals surface area contributed by atoms with E-state index >= 15 is 0 Å². The predicted molar refractivity (Wildman–Crippen MR) is 52.5 cm³/mol. The van der Waals surface area contributed by atoms with Gasteiger partial charge in [-0.05, 0) is 38.5 Å². The minimum atomic E-state index is -0.705. The summed E-state index contributed by atoms with van der Waals surface area (Å²) in [5.41, 5.74) is 1.26. The van der Waals surface area contributed by atoms with Crippen LogP contribution < -0.4 is 11.3 Å². The third-order valence-corrected chi connectivity index (χ3v) is 4.31. The maximum absolute atomic E-state index is 11.6. The van der Waals surface area contributed by atoms with Gasteiger partial charge < -0.3 is 5.11 Å². The molecular formula is C10H16N2O3. The van der Waals surface area contributed by atoms with Crippen LogP contribution in [0.25, 0.3) is 0 Å². The summed E-state index contributed by atoms with van der Waals surface area (Å²) in [4.78, 5) is 22.8. The van der Waals surface area contributed by atoms with Crippen LogP contribution in [0.2, 0.25) is 0 Å². The van der Waals surface area contributed by atoms with Crippen molar-refractivity contribution in [3.63, 3.8) is 0 Å². The van der Waals surface area contributed by atoms with Crippen LogP contribution in [0.4, 0.5) is 0 Å². The van der Waals surface area contributed by atoms with Crippen molar-refractivity contribution in [2.75, 3.05) is 0 Å². The highest BCUT2D eigenvalue weighted by Gasteiger charge is 2.55. The lowest BCUT2D eigenvalue weighted by Crippen LogP contribution is -2.53. The molecule has 4 N–H and O–H groups in total. The van der Waals surface area contributed by atoms with Gasteiger partial charge in [0.25, 0.3) is 0 Å². The number of aliphatic carboxylic acids is 1. The van der Waals surface area contributed by atoms with E-state index in [0.29, 0.717) is 38.5 Å². The molecule has 0 aliphatic heterocycles. The van der Waals surface area contributed by atoms with Crippen molar-refractivity contribution < 1.29 is 14.7 Å². The lowest BCUT2D eigenvalue weighted by atomic mass is 9.53. The van der Waals surface area contributed by atoms with Crippen molar-refractivity contribution in [2.24, 2.45) is 16.7 Å². The predicted octanol–water partition coefficient (Wildman–Crippen LogP) is 0.401. The molecule has 1 amide bonds. The van der Waals surface area contributed by atoms with Gasteiger partial charge in [-0.25, -0.2) is 5.84 Å². The third kappa shape index (κ3) is 1.33. The zero-order valence-corrected chi connectivity index (χ0v) is 8.58. The first-order valence-corrected chi connectivity index (χ1v) is 5.29. The number of carboxylic acid groups (broad SMARTS) is 1. The number of carbonyl (C=O) groups excluding carboxylic acids is 1. The molecule has 0 unspecified atom stereocenters. The molecule has 3 aliphatic rings. The Labute approximate surface area is 88.0 Å². The molecule has 0 heterocycles. The lowest BCUT2D eigenvalue weighted by Gasteiger charge is -2.49. The summed E-state index contributed by atoms with van der Waals surface area (Å²) in [6.45, 7) is 0. The molecule has 5 nitrogen and oxygen atoms in total. The number of hydrogen-bond donors (Lipinski definition) is 3. The Morgan fingerprint density at radius 3 is 1.73 bits per heavy atom. The largest absolute Gasteiger partial charge is 0.481 e. The average Bonchev–Trinajstić information content (AvgIpc) is 2.30. The summed E-state index contributed by atoms with van der Waals surface area (Å²) in [5, 5.41) is 9.17. The van der Waals surface area contributed by atoms with E-state index in [1.54, 1.807) is 0 Å². The smallest absolute Gasteiger partial charge is 0.309 e. The Hall–Kier alpha value is -1.10. The van der Waals surface area contributed by atoms with Gasteiger partial charge in [-0.3, -0.25) is 15.0 Å². The normalized spacial score (nSPS) is 38.7. The van der Waals surface area contributed by atoms with Gasteiger partial charge in [0.1, 0.15) is 0 Å². The number of amides is 1. The van der Waals surface area contributed by atoms with Crippen LogP contribution in [0.5, 0.6) is 0 Å². The second-order valence-electron chi connectivity index (χ2n) is 4.84. The highest BCUT2D eigenvalue weighted by Crippen LogP contribution is 2.56. The molecule has 0 atom stereocenters. The monoisotopic (exact) mass is 212 g/mol. The first-order chi connectivity index (χ1) is 7.05. The van der Waals surface area contributed by atoms with Crippen molar-refractivity contribution in [2.45, 2.75) is 38.5 Å². The van der Waals surface area contributed by atoms with Gasteiger partial charge in [0.2, 0.25) is 5.91 Å². The van der Waals surface area contributed by atoms with Gasteiger partial charge >= 0.3 is 5.97 Å². The topological polar surface area (TPSA) is 92.4 Å². The minimum absolute atomic E-state index is 0.124. The number of fused-ring (bicyclic) bond motifs is 3. The molecule has 84 valence electrons. The molecule has 0 aromatic rings. The lowest BCUT2D eigenvalue weighted by molar-refractivity contribution is -0.163. The van der Waals surface area contributed by atoms with Crippen LogP contribution in [0.3, 0.4) is 0 Å². The van der Waals surface area contributed by atoms with E-state index in [4.69, 9.17) is 10.9 Å². The van der Waals surface area contributed by atoms with Crippen LogP contribution in [0.1, 0.15) is 38.5 Å². The first kappa shape index (κ1) is 10.4. The van der Waals surface area contributed by atoms with E-state index in [1.165, 1.54) is 0 Å². The summed E-state index contributed by atoms with van der Waals surface area (Å²) in [6, 6.07) is 0. The number of hydrogen-bond acceptors (Lipinski definition) is 3. The van der Waals surface area contributed by atoms with Gasteiger partial charge in [0.15, 0.2) is 0 Å². The van der Waals surface area contributed by atoms with E-state index in [-0.39, 0.29) is 11.3 Å². The zero-order chi connectivity index (χ0) is 11.1. The summed E-state index contributed by atoms with van der Waals surface area (Å²) >= 11 is 0. The summed E-state index contributed by atoms with van der Waals surface area (Å²) in [7, 11) is 0. The Balaban J connectivity index is 2.17. The summed E-state index contributed by atoms with van der Waals surface area (Å²) in [5.74, 6) is 4.33. The standard InChI is InChI=1S/C10H16N2O3/c11-12-7(13)9-1-4-10(5-2-9,6-3-9)8(14)15/h1-6,11H2,(H,12,13)(H,14,15). The van der Waals surface area contributed by atoms with Crippen molar-refractivity contribution in [1.82, 2.24) is 5.43 Å². The molecule has 3 rings (SSSR count). The van der Waals surface area contributed by atoms with E-state index < -0.39 is 11.4 Å². The highest BCUT2D eigenvalue weighted by molar-refractivity contribution is 5.84. The van der Waals surface area contributed by atoms with E-state index in [1.807, 2.05) is 0 Å². The van der Waals surface area contributed by atoms with E-state index in [0.717, 1.165) is 0 Å². The molecule has 0 aromatic heterocycles. The maximum atomic E-state index is 11.6. The maximum Gasteiger partial charge on any atom is 0.309 e. The van der Waals surface area contributed by atoms with Crippen LogP contribution in [-0.2, 0) is 9.59 Å². The molecule has 0 radical (unpaired) electrons. The van der Waals surface area contributed by atoms with Crippen LogP contribution in [0.15, 0.2) is 0 Å². The van der Waals surface area contributed by atoms with Crippen molar-refractivity contribution in [3.05, 3.63) is 0 Å². The Morgan fingerprint density at radius 1 is 1.00 bits per heavy atom. The molecule has 3 aliphatic carbocycles. The van der Waals surface area contributed by atoms with Gasteiger partial charge in [-0.2, -0.15) is 0 Å². The number of rotatable bonds is 2. The third-order valence-electron chi connectivity index (χ3n) is 4.31. The fourth-order valence-electron chi connectivity index (χ4n) is 3.00. The summed E-state index contributed by atoms with van der Waals surface area (Å²) in [6.07, 6.45) is 3.79. The molecule has 3 saturated carbocycles. The van der Waals surface area contributed by atoms with E-state index in [2.05, 4.69) is 5.43 Å². The fraction of sp³-hybridized carbons (Fsp3) is 0.800. The molecule has 15 heavy (non-hydrogen) atoms. The molecule has 5 heteroatoms. The van der Waals surface area contributed by atoms with Crippen LogP contribution >= 0.6 is 0 Å². The molecule has 3 fully saturated rings. The summed E-state index contributed by atoms with van der Waals surface area (Å²) < 4.78 is 0. The number of hydrazine groups is 1. The highest BCUT2D eigenvalue weighted by atomic mass is 16.4. The zero-order valence-electron chi connectivity index (χ0n) is 8.58. The minimum Gasteiger partial charge on any atom is -0.481 e. The molecule has 0 spiro atoms. The Morgan fingerprint density at radius 2 is 1.40 bits per heavy atom. The van der Waals surface area contributed by atoms with Crippen molar-refractivity contribution in [3.8, 4) is 0 Å².